The van der Waals surface area contributed by atoms with Gasteiger partial charge in [0.15, 0.2) is 11.6 Å². The molecule has 2 N–H and O–H groups in total. The lowest BCUT2D eigenvalue weighted by Crippen LogP contribution is -2.00. The standard InChI is InChI=1S/C17H14O4/c1-11(18)13-9-14(17(21)10-16(13)20)15(19)8-7-12-5-3-2-4-6-12/h2-10,20-21H,1H3. The van der Waals surface area contributed by atoms with Crippen molar-refractivity contribution < 1.29 is 19.8 Å². The van der Waals surface area contributed by atoms with Gasteiger partial charge in [0.2, 0.25) is 0 Å². The van der Waals surface area contributed by atoms with Crippen molar-refractivity contribution in [3.8, 4) is 11.5 Å². The van der Waals surface area contributed by atoms with Crippen LogP contribution in [0.5, 0.6) is 11.5 Å². The Morgan fingerprint density at radius 3 is 2.19 bits per heavy atom. The highest BCUT2D eigenvalue weighted by Gasteiger charge is 2.15. The largest absolute Gasteiger partial charge is 0.507 e. The van der Waals surface area contributed by atoms with E-state index in [1.54, 1.807) is 6.08 Å². The first-order valence-corrected chi connectivity index (χ1v) is 6.33. The molecule has 2 aromatic carbocycles. The van der Waals surface area contributed by atoms with Gasteiger partial charge in [-0.1, -0.05) is 36.4 Å². The van der Waals surface area contributed by atoms with Gasteiger partial charge in [-0.25, -0.2) is 0 Å². The van der Waals surface area contributed by atoms with Gasteiger partial charge in [0.25, 0.3) is 0 Å². The number of hydrogen-bond donors (Lipinski definition) is 2. The van der Waals surface area contributed by atoms with Gasteiger partial charge in [-0.15, -0.1) is 0 Å². The summed E-state index contributed by atoms with van der Waals surface area (Å²) in [4.78, 5) is 23.4. The number of hydrogen-bond acceptors (Lipinski definition) is 4. The summed E-state index contributed by atoms with van der Waals surface area (Å²) in [5.41, 5.74) is 0.824. The quantitative estimate of drug-likeness (QED) is 0.667. The summed E-state index contributed by atoms with van der Waals surface area (Å²) in [6.45, 7) is 1.28. The summed E-state index contributed by atoms with van der Waals surface area (Å²) in [5, 5.41) is 19.3. The maximum absolute atomic E-state index is 12.1. The van der Waals surface area contributed by atoms with Crippen LogP contribution in [-0.2, 0) is 0 Å². The summed E-state index contributed by atoms with van der Waals surface area (Å²) in [6.07, 6.45) is 2.92. The molecule has 2 aromatic rings. The molecule has 0 aliphatic heterocycles. The van der Waals surface area contributed by atoms with Gasteiger partial charge in [-0.3, -0.25) is 9.59 Å². The fourth-order valence-electron chi connectivity index (χ4n) is 1.88. The summed E-state index contributed by atoms with van der Waals surface area (Å²) in [7, 11) is 0. The molecule has 0 bridgehead atoms. The summed E-state index contributed by atoms with van der Waals surface area (Å²) in [6, 6.07) is 11.4. The molecule has 0 saturated carbocycles. The molecule has 21 heavy (non-hydrogen) atoms. The Balaban J connectivity index is 2.33. The van der Waals surface area contributed by atoms with Crippen LogP contribution in [-0.4, -0.2) is 21.8 Å². The Bertz CT molecular complexity index is 715. The number of benzene rings is 2. The topological polar surface area (TPSA) is 74.6 Å². The Labute approximate surface area is 122 Å². The number of allylic oxidation sites excluding steroid dienone is 1. The van der Waals surface area contributed by atoms with E-state index in [9.17, 15) is 19.8 Å². The fraction of sp³-hybridized carbons (Fsp3) is 0.0588. The fourth-order valence-corrected chi connectivity index (χ4v) is 1.88. The second-order valence-corrected chi connectivity index (χ2v) is 4.55. The van der Waals surface area contributed by atoms with Crippen LogP contribution < -0.4 is 0 Å². The van der Waals surface area contributed by atoms with Crippen LogP contribution in [0.4, 0.5) is 0 Å². The molecule has 0 atom stereocenters. The minimum absolute atomic E-state index is 0.00395. The lowest BCUT2D eigenvalue weighted by molar-refractivity contribution is 0.101. The third-order valence-corrected chi connectivity index (χ3v) is 2.99. The number of carbonyl (C=O) groups excluding carboxylic acids is 2. The SMILES string of the molecule is CC(=O)c1cc(C(=O)C=Cc2ccccc2)c(O)cc1O. The van der Waals surface area contributed by atoms with Crippen LogP contribution in [0, 0.1) is 0 Å². The first kappa shape index (κ1) is 14.5. The zero-order valence-corrected chi connectivity index (χ0v) is 11.4. The average Bonchev–Trinajstić information content (AvgIpc) is 2.45. The zero-order chi connectivity index (χ0) is 15.4. The van der Waals surface area contributed by atoms with Crippen LogP contribution in [0.25, 0.3) is 6.08 Å². The summed E-state index contributed by atoms with van der Waals surface area (Å²) < 4.78 is 0. The molecule has 2 rings (SSSR count). The van der Waals surface area contributed by atoms with E-state index in [-0.39, 0.29) is 28.4 Å². The van der Waals surface area contributed by atoms with Crippen molar-refractivity contribution in [3.05, 3.63) is 65.2 Å². The normalized spacial score (nSPS) is 10.7. The minimum atomic E-state index is -0.446. The van der Waals surface area contributed by atoms with E-state index in [1.807, 2.05) is 30.3 Å². The Morgan fingerprint density at radius 1 is 0.952 bits per heavy atom. The van der Waals surface area contributed by atoms with Crippen LogP contribution in [0.15, 0.2) is 48.5 Å². The molecule has 0 aromatic heterocycles. The monoisotopic (exact) mass is 282 g/mol. The minimum Gasteiger partial charge on any atom is -0.507 e. The maximum atomic E-state index is 12.1. The van der Waals surface area contributed by atoms with Crippen molar-refractivity contribution >= 4 is 17.6 Å². The van der Waals surface area contributed by atoms with Crippen molar-refractivity contribution in [2.45, 2.75) is 6.92 Å². The molecule has 4 nitrogen and oxygen atoms in total. The molecule has 0 spiro atoms. The first-order chi connectivity index (χ1) is 9.99. The summed E-state index contributed by atoms with van der Waals surface area (Å²) in [5.74, 6) is -1.53. The molecule has 4 heteroatoms. The molecule has 0 saturated heterocycles. The first-order valence-electron chi connectivity index (χ1n) is 6.33. The number of carbonyl (C=O) groups is 2. The van der Waals surface area contributed by atoms with E-state index in [0.29, 0.717) is 0 Å². The van der Waals surface area contributed by atoms with Crippen molar-refractivity contribution in [1.82, 2.24) is 0 Å². The van der Waals surface area contributed by atoms with Crippen LogP contribution in [0.1, 0.15) is 33.2 Å². The van der Waals surface area contributed by atoms with Gasteiger partial charge in [0.05, 0.1) is 11.1 Å². The van der Waals surface area contributed by atoms with Gasteiger partial charge < -0.3 is 10.2 Å². The lowest BCUT2D eigenvalue weighted by atomic mass is 10.0. The molecule has 0 fully saturated rings. The molecular weight excluding hydrogens is 268 g/mol. The number of aromatic hydroxyl groups is 2. The predicted molar refractivity (Wildman–Crippen MR) is 79.6 cm³/mol. The second kappa shape index (κ2) is 6.05. The molecule has 106 valence electrons. The molecule has 0 amide bonds. The van der Waals surface area contributed by atoms with E-state index < -0.39 is 5.78 Å². The highest BCUT2D eigenvalue weighted by molar-refractivity contribution is 6.10. The highest BCUT2D eigenvalue weighted by Crippen LogP contribution is 2.28. The smallest absolute Gasteiger partial charge is 0.189 e. The molecule has 0 radical (unpaired) electrons. The maximum Gasteiger partial charge on any atom is 0.189 e. The molecule has 0 unspecified atom stereocenters. The van der Waals surface area contributed by atoms with Gasteiger partial charge in [-0.2, -0.15) is 0 Å². The van der Waals surface area contributed by atoms with Gasteiger partial charge in [-0.05, 0) is 24.6 Å². The van der Waals surface area contributed by atoms with Crippen molar-refractivity contribution in [2.24, 2.45) is 0 Å². The third kappa shape index (κ3) is 3.36. The van der Waals surface area contributed by atoms with Crippen molar-refractivity contribution in [3.63, 3.8) is 0 Å². The molecule has 0 aliphatic carbocycles. The van der Waals surface area contributed by atoms with Crippen LogP contribution >= 0.6 is 0 Å². The lowest BCUT2D eigenvalue weighted by Gasteiger charge is -2.06. The molecule has 0 aliphatic rings. The van der Waals surface area contributed by atoms with Crippen LogP contribution in [0.2, 0.25) is 0 Å². The Hall–Kier alpha value is -2.88. The van der Waals surface area contributed by atoms with E-state index in [4.69, 9.17) is 0 Å². The van der Waals surface area contributed by atoms with E-state index in [0.717, 1.165) is 11.6 Å². The van der Waals surface area contributed by atoms with Crippen molar-refractivity contribution in [1.29, 1.82) is 0 Å². The van der Waals surface area contributed by atoms with Gasteiger partial charge >= 0.3 is 0 Å². The number of ketones is 2. The van der Waals surface area contributed by atoms with E-state index in [2.05, 4.69) is 0 Å². The van der Waals surface area contributed by atoms with E-state index >= 15 is 0 Å². The van der Waals surface area contributed by atoms with Gasteiger partial charge in [0, 0.05) is 6.07 Å². The number of rotatable bonds is 4. The van der Waals surface area contributed by atoms with Crippen LogP contribution in [0.3, 0.4) is 0 Å². The Kier molecular flexibility index (Phi) is 4.18. The van der Waals surface area contributed by atoms with Crippen molar-refractivity contribution in [2.75, 3.05) is 0 Å². The number of Topliss-reactive ketones (excluding diaryl/α,β-unsaturated/α-hetero) is 1. The second-order valence-electron chi connectivity index (χ2n) is 4.55. The Morgan fingerprint density at radius 2 is 1.57 bits per heavy atom. The molecular formula is C17H14O4. The highest BCUT2D eigenvalue weighted by atomic mass is 16.3. The predicted octanol–water partition coefficient (Wildman–Crippen LogP) is 3.20. The van der Waals surface area contributed by atoms with E-state index in [1.165, 1.54) is 19.1 Å². The number of phenols is 2. The zero-order valence-electron chi connectivity index (χ0n) is 11.4. The number of phenolic OH excluding ortho intramolecular Hbond substituents is 2. The van der Waals surface area contributed by atoms with Gasteiger partial charge in [0.1, 0.15) is 11.5 Å². The summed E-state index contributed by atoms with van der Waals surface area (Å²) >= 11 is 0. The third-order valence-electron chi connectivity index (χ3n) is 2.99. The molecule has 0 heterocycles. The average molecular weight is 282 g/mol.